The Labute approximate surface area is 392 Å². The van der Waals surface area contributed by atoms with Gasteiger partial charge in [-0.2, -0.15) is 0 Å². The van der Waals surface area contributed by atoms with Crippen LogP contribution in [0.1, 0.15) is 200 Å². The Balaban J connectivity index is 1.70. The van der Waals surface area contributed by atoms with Gasteiger partial charge >= 0.3 is 0 Å². The first-order valence-electron chi connectivity index (χ1n) is 26.1. The molecular weight excluding hydrogens is 835 g/mol. The molecule has 2 saturated heterocycles. The number of rotatable bonds is 40. The lowest BCUT2D eigenvalue weighted by Crippen LogP contribution is -2.65. The second-order valence-corrected chi connectivity index (χ2v) is 18.6. The predicted octanol–water partition coefficient (Wildman–Crippen LogP) is 6.94. The summed E-state index contributed by atoms with van der Waals surface area (Å²) >= 11 is 0. The maximum Gasteiger partial charge on any atom is 0.220 e. The molecule has 0 aliphatic carbocycles. The van der Waals surface area contributed by atoms with Gasteiger partial charge < -0.3 is 65.1 Å². The van der Waals surface area contributed by atoms with Gasteiger partial charge in [0.1, 0.15) is 48.8 Å². The first-order chi connectivity index (χ1) is 31.6. The van der Waals surface area contributed by atoms with Crippen LogP contribution >= 0.6 is 0 Å². The second-order valence-electron chi connectivity index (χ2n) is 18.6. The van der Waals surface area contributed by atoms with Gasteiger partial charge in [-0.15, -0.1) is 0 Å². The van der Waals surface area contributed by atoms with E-state index in [1.165, 1.54) is 128 Å². The average molecular weight is 930 g/mol. The molecular formula is C51H95NO13. The molecule has 0 aromatic rings. The van der Waals surface area contributed by atoms with Gasteiger partial charge in [-0.05, 0) is 32.1 Å². The number of nitrogens with one attached hydrogen (secondary N) is 1. The van der Waals surface area contributed by atoms with Crippen LogP contribution in [0.15, 0.2) is 24.3 Å². The normalized spacial score (nSPS) is 27.2. The van der Waals surface area contributed by atoms with Crippen LogP contribution < -0.4 is 5.32 Å². The molecule has 2 heterocycles. The van der Waals surface area contributed by atoms with Crippen molar-refractivity contribution in [2.45, 2.75) is 274 Å². The van der Waals surface area contributed by atoms with Gasteiger partial charge in [0, 0.05) is 6.42 Å². The highest BCUT2D eigenvalue weighted by Crippen LogP contribution is 2.30. The number of aliphatic hydroxyl groups excluding tert-OH is 8. The van der Waals surface area contributed by atoms with Gasteiger partial charge in [-0.3, -0.25) is 4.79 Å². The van der Waals surface area contributed by atoms with E-state index in [1.54, 1.807) is 6.08 Å². The van der Waals surface area contributed by atoms with Crippen LogP contribution in [0.2, 0.25) is 0 Å². The summed E-state index contributed by atoms with van der Waals surface area (Å²) < 4.78 is 22.6. The maximum absolute atomic E-state index is 12.9. The zero-order valence-corrected chi connectivity index (χ0v) is 40.5. The molecule has 12 unspecified atom stereocenters. The molecule has 2 fully saturated rings. The van der Waals surface area contributed by atoms with Gasteiger partial charge in [-0.1, -0.05) is 186 Å². The fraction of sp³-hybridized carbons (Fsp3) is 0.902. The third kappa shape index (κ3) is 25.6. The lowest BCUT2D eigenvalue weighted by atomic mass is 9.97. The van der Waals surface area contributed by atoms with Crippen LogP contribution in [0.3, 0.4) is 0 Å². The lowest BCUT2D eigenvalue weighted by molar-refractivity contribution is -0.359. The molecule has 0 aromatic heterocycles. The van der Waals surface area contributed by atoms with E-state index in [1.807, 2.05) is 6.08 Å². The molecule has 382 valence electrons. The Bertz CT molecular complexity index is 1190. The van der Waals surface area contributed by atoms with Crippen molar-refractivity contribution in [1.82, 2.24) is 5.32 Å². The molecule has 1 amide bonds. The van der Waals surface area contributed by atoms with E-state index in [2.05, 4.69) is 31.3 Å². The predicted molar refractivity (Wildman–Crippen MR) is 254 cm³/mol. The number of carbonyl (C=O) groups is 1. The van der Waals surface area contributed by atoms with Crippen LogP contribution in [0.4, 0.5) is 0 Å². The largest absolute Gasteiger partial charge is 0.394 e. The van der Waals surface area contributed by atoms with Crippen molar-refractivity contribution < 1.29 is 64.6 Å². The number of carbonyl (C=O) groups excluding carboxylic acids is 1. The fourth-order valence-electron chi connectivity index (χ4n) is 8.60. The first-order valence-corrected chi connectivity index (χ1v) is 26.1. The molecule has 9 N–H and O–H groups in total. The number of hydrogen-bond donors (Lipinski definition) is 9. The van der Waals surface area contributed by atoms with Crippen molar-refractivity contribution in [3.63, 3.8) is 0 Å². The zero-order valence-electron chi connectivity index (χ0n) is 40.5. The summed E-state index contributed by atoms with van der Waals surface area (Å²) in [5.74, 6) is -0.262. The van der Waals surface area contributed by atoms with Crippen molar-refractivity contribution in [2.75, 3.05) is 19.8 Å². The Morgan fingerprint density at radius 2 is 0.985 bits per heavy atom. The van der Waals surface area contributed by atoms with Crippen molar-refractivity contribution in [3.8, 4) is 0 Å². The van der Waals surface area contributed by atoms with E-state index in [9.17, 15) is 45.6 Å². The summed E-state index contributed by atoms with van der Waals surface area (Å²) in [7, 11) is 0. The van der Waals surface area contributed by atoms with E-state index in [4.69, 9.17) is 18.9 Å². The van der Waals surface area contributed by atoms with E-state index < -0.39 is 86.8 Å². The number of ether oxygens (including phenoxy) is 4. The van der Waals surface area contributed by atoms with E-state index in [0.29, 0.717) is 12.8 Å². The topological polar surface area (TPSA) is 228 Å². The minimum absolute atomic E-state index is 0.262. The van der Waals surface area contributed by atoms with Crippen LogP contribution in [0, 0.1) is 0 Å². The quantitative estimate of drug-likeness (QED) is 0.0225. The molecule has 65 heavy (non-hydrogen) atoms. The van der Waals surface area contributed by atoms with Crippen molar-refractivity contribution in [2.24, 2.45) is 0 Å². The molecule has 12 atom stereocenters. The third-order valence-electron chi connectivity index (χ3n) is 12.9. The van der Waals surface area contributed by atoms with Crippen LogP contribution in [0.5, 0.6) is 0 Å². The Morgan fingerprint density at radius 1 is 0.538 bits per heavy atom. The molecule has 2 aliphatic rings. The average Bonchev–Trinajstić information content (AvgIpc) is 3.30. The van der Waals surface area contributed by atoms with Gasteiger partial charge in [-0.25, -0.2) is 0 Å². The minimum Gasteiger partial charge on any atom is -0.394 e. The van der Waals surface area contributed by atoms with Crippen LogP contribution in [-0.4, -0.2) is 140 Å². The third-order valence-corrected chi connectivity index (χ3v) is 12.9. The summed E-state index contributed by atoms with van der Waals surface area (Å²) in [4.78, 5) is 12.9. The Morgan fingerprint density at radius 3 is 1.51 bits per heavy atom. The second kappa shape index (κ2) is 38.3. The van der Waals surface area contributed by atoms with Crippen LogP contribution in [-0.2, 0) is 23.7 Å². The molecule has 0 spiro atoms. The fourth-order valence-corrected chi connectivity index (χ4v) is 8.60. The van der Waals surface area contributed by atoms with Gasteiger partial charge in [0.2, 0.25) is 5.91 Å². The number of allylic oxidation sites excluding steroid dienone is 3. The van der Waals surface area contributed by atoms with Crippen molar-refractivity contribution >= 4 is 5.91 Å². The SMILES string of the molecule is CCCCCCCCCCCCCCCCCCCCCC/C=C/CC/C=C/C(O)C(COC1OC(CO)C(OC2OC(CO)C(O)C(O)C2O)C(O)C1O)NC(=O)CCCCCCC. The molecule has 2 rings (SSSR count). The molecule has 0 saturated carbocycles. The summed E-state index contributed by atoms with van der Waals surface area (Å²) in [6.07, 6.45) is 25.9. The highest BCUT2D eigenvalue weighted by Gasteiger charge is 2.51. The molecule has 0 radical (unpaired) electrons. The number of amides is 1. The van der Waals surface area contributed by atoms with E-state index in [-0.39, 0.29) is 18.9 Å². The molecule has 14 heteroatoms. The van der Waals surface area contributed by atoms with Crippen LogP contribution in [0.25, 0.3) is 0 Å². The summed E-state index contributed by atoms with van der Waals surface area (Å²) in [5, 5.41) is 86.3. The first kappa shape index (κ1) is 59.6. The van der Waals surface area contributed by atoms with Gasteiger partial charge in [0.25, 0.3) is 0 Å². The Hall–Kier alpha value is -1.53. The highest BCUT2D eigenvalue weighted by molar-refractivity contribution is 5.76. The molecule has 0 aromatic carbocycles. The smallest absolute Gasteiger partial charge is 0.220 e. The minimum atomic E-state index is -1.79. The van der Waals surface area contributed by atoms with Crippen molar-refractivity contribution in [3.05, 3.63) is 24.3 Å². The lowest BCUT2D eigenvalue weighted by Gasteiger charge is -2.46. The van der Waals surface area contributed by atoms with Gasteiger partial charge in [0.05, 0.1) is 32.0 Å². The molecule has 0 bridgehead atoms. The zero-order chi connectivity index (χ0) is 47.5. The Kier molecular flexibility index (Phi) is 35.1. The number of aliphatic hydroxyl groups is 8. The number of unbranched alkanes of at least 4 members (excludes halogenated alkanes) is 25. The number of hydrogen-bond acceptors (Lipinski definition) is 13. The molecule has 2 aliphatic heterocycles. The summed E-state index contributed by atoms with van der Waals surface area (Å²) in [6.45, 7) is 2.67. The van der Waals surface area contributed by atoms with E-state index >= 15 is 0 Å². The van der Waals surface area contributed by atoms with E-state index in [0.717, 1.165) is 38.5 Å². The standard InChI is InChI=1S/C51H95NO13/c1-3-5-7-9-10-11-12-13-14-15-16-17-18-19-20-21-22-23-24-25-26-27-28-29-31-32-34-40(55)39(52-43(56)35-33-30-8-6-4-2)38-62-50-48(61)46(59)49(42(37-54)64-50)65-51-47(60)45(58)44(57)41(36-53)63-51/h27-28,32,34,39-42,44-51,53-55,57-61H,3-26,29-31,33,35-38H2,1-2H3,(H,52,56)/b28-27+,34-32+. The highest BCUT2D eigenvalue weighted by atomic mass is 16.7. The van der Waals surface area contributed by atoms with Gasteiger partial charge in [0.15, 0.2) is 12.6 Å². The summed E-state index contributed by atoms with van der Waals surface area (Å²) in [5.41, 5.74) is 0. The van der Waals surface area contributed by atoms with Crippen molar-refractivity contribution in [1.29, 1.82) is 0 Å². The monoisotopic (exact) mass is 930 g/mol. The molecule has 14 nitrogen and oxygen atoms in total. The maximum atomic E-state index is 12.9. The summed E-state index contributed by atoms with van der Waals surface area (Å²) in [6, 6.07) is -0.923.